The van der Waals surface area contributed by atoms with Gasteiger partial charge in [-0.15, -0.1) is 0 Å². The molecular formula is C21H24N2O4. The van der Waals surface area contributed by atoms with Crippen LogP contribution in [0, 0.1) is 0 Å². The molecule has 0 unspecified atom stereocenters. The number of hydrogen-bond acceptors (Lipinski definition) is 5. The minimum atomic E-state index is -0.184. The van der Waals surface area contributed by atoms with Gasteiger partial charge in [-0.2, -0.15) is 0 Å². The molecule has 2 aromatic rings. The molecule has 0 fully saturated rings. The molecule has 0 spiro atoms. The van der Waals surface area contributed by atoms with Gasteiger partial charge in [-0.25, -0.2) is 0 Å². The number of ether oxygens (including phenoxy) is 3. The zero-order valence-corrected chi connectivity index (χ0v) is 15.4. The van der Waals surface area contributed by atoms with Crippen LogP contribution in [0.3, 0.4) is 0 Å². The van der Waals surface area contributed by atoms with Crippen molar-refractivity contribution in [2.45, 2.75) is 25.7 Å². The Morgan fingerprint density at radius 1 is 1.07 bits per heavy atom. The molecule has 1 amide bonds. The summed E-state index contributed by atoms with van der Waals surface area (Å²) >= 11 is 0. The van der Waals surface area contributed by atoms with Crippen LogP contribution in [0.2, 0.25) is 0 Å². The Morgan fingerprint density at radius 3 is 2.67 bits per heavy atom. The van der Waals surface area contributed by atoms with E-state index in [9.17, 15) is 4.79 Å². The van der Waals surface area contributed by atoms with Gasteiger partial charge in [0.25, 0.3) is 0 Å². The van der Waals surface area contributed by atoms with Gasteiger partial charge < -0.3 is 19.5 Å². The largest absolute Gasteiger partial charge is 0.489 e. The zero-order valence-electron chi connectivity index (χ0n) is 15.4. The number of carbonyl (C=O) groups is 1. The Hall–Kier alpha value is -2.73. The van der Waals surface area contributed by atoms with Crippen LogP contribution < -0.4 is 19.5 Å². The van der Waals surface area contributed by atoms with Crippen LogP contribution in [0.4, 0.5) is 0 Å². The predicted octanol–water partition coefficient (Wildman–Crippen LogP) is 2.23. The molecule has 6 heteroatoms. The smallest absolute Gasteiger partial charge is 0.234 e. The summed E-state index contributed by atoms with van der Waals surface area (Å²) in [4.78, 5) is 14.6. The fourth-order valence-corrected chi connectivity index (χ4v) is 3.44. The molecule has 0 saturated carbocycles. The van der Waals surface area contributed by atoms with Crippen molar-refractivity contribution >= 4 is 5.91 Å². The topological polar surface area (TPSA) is 60.0 Å². The summed E-state index contributed by atoms with van der Waals surface area (Å²) in [6, 6.07) is 15.6. The van der Waals surface area contributed by atoms with Crippen LogP contribution in [0.1, 0.15) is 12.5 Å². The number of fused-ring (bicyclic) bond motifs is 2. The van der Waals surface area contributed by atoms with Crippen LogP contribution in [0.5, 0.6) is 17.2 Å². The Bertz CT molecular complexity index is 810. The summed E-state index contributed by atoms with van der Waals surface area (Å²) in [5, 5.41) is 2.96. The lowest BCUT2D eigenvalue weighted by Crippen LogP contribution is -2.45. The highest BCUT2D eigenvalue weighted by molar-refractivity contribution is 5.78. The maximum Gasteiger partial charge on any atom is 0.234 e. The first-order chi connectivity index (χ1) is 13.2. The van der Waals surface area contributed by atoms with Crippen LogP contribution in [0.15, 0.2) is 48.5 Å². The van der Waals surface area contributed by atoms with Gasteiger partial charge in [-0.1, -0.05) is 30.3 Å². The summed E-state index contributed by atoms with van der Waals surface area (Å²) in [5.74, 6) is 2.35. The number of hydrogen-bond donors (Lipinski definition) is 1. The maximum absolute atomic E-state index is 12.4. The van der Waals surface area contributed by atoms with E-state index in [1.807, 2.05) is 55.5 Å². The lowest BCUT2D eigenvalue weighted by Gasteiger charge is -2.27. The minimum Gasteiger partial charge on any atom is -0.489 e. The molecule has 2 aromatic carbocycles. The van der Waals surface area contributed by atoms with E-state index >= 15 is 0 Å². The fourth-order valence-electron chi connectivity index (χ4n) is 3.44. The molecule has 27 heavy (non-hydrogen) atoms. The van der Waals surface area contributed by atoms with E-state index in [1.165, 1.54) is 0 Å². The summed E-state index contributed by atoms with van der Waals surface area (Å²) in [7, 11) is 0. The molecule has 2 aliphatic rings. The second-order valence-electron chi connectivity index (χ2n) is 7.01. The molecule has 142 valence electrons. The van der Waals surface area contributed by atoms with Crippen LogP contribution in [0.25, 0.3) is 0 Å². The first-order valence-electron chi connectivity index (χ1n) is 9.29. The molecule has 6 nitrogen and oxygen atoms in total. The van der Waals surface area contributed by atoms with Crippen molar-refractivity contribution in [3.05, 3.63) is 54.1 Å². The molecule has 0 saturated heterocycles. The van der Waals surface area contributed by atoms with Crippen molar-refractivity contribution in [2.75, 3.05) is 26.2 Å². The monoisotopic (exact) mass is 368 g/mol. The quantitative estimate of drug-likeness (QED) is 0.897. The molecule has 1 N–H and O–H groups in total. The van der Waals surface area contributed by atoms with Gasteiger partial charge >= 0.3 is 0 Å². The number of nitrogens with zero attached hydrogens (tertiary/aromatic N) is 1. The SMILES string of the molecule is C[C@@H]1CN(CC(=O)NC[C@@H]2COc3ccccc3O2)Cc2ccccc2O1. The van der Waals surface area contributed by atoms with E-state index in [-0.39, 0.29) is 18.1 Å². The summed E-state index contributed by atoms with van der Waals surface area (Å²) in [6.45, 7) is 4.61. The zero-order chi connectivity index (χ0) is 18.6. The van der Waals surface area contributed by atoms with E-state index in [0.717, 1.165) is 22.8 Å². The molecule has 4 rings (SSSR count). The Morgan fingerprint density at radius 2 is 1.81 bits per heavy atom. The highest BCUT2D eigenvalue weighted by atomic mass is 16.6. The van der Waals surface area contributed by atoms with Gasteiger partial charge in [0.15, 0.2) is 11.5 Å². The third kappa shape index (κ3) is 4.34. The fraction of sp³-hybridized carbons (Fsp3) is 0.381. The van der Waals surface area contributed by atoms with Crippen LogP contribution >= 0.6 is 0 Å². The summed E-state index contributed by atoms with van der Waals surface area (Å²) < 4.78 is 17.5. The highest BCUT2D eigenvalue weighted by Crippen LogP contribution is 2.30. The Balaban J connectivity index is 1.30. The lowest BCUT2D eigenvalue weighted by atomic mass is 10.2. The predicted molar refractivity (Wildman–Crippen MR) is 101 cm³/mol. The summed E-state index contributed by atoms with van der Waals surface area (Å²) in [6.07, 6.45) is -0.149. The van der Waals surface area contributed by atoms with Gasteiger partial charge in [-0.3, -0.25) is 9.69 Å². The maximum atomic E-state index is 12.4. The molecule has 0 aliphatic carbocycles. The van der Waals surface area contributed by atoms with Gasteiger partial charge in [0.05, 0.1) is 13.1 Å². The number of carbonyl (C=O) groups excluding carboxylic acids is 1. The van der Waals surface area contributed by atoms with Crippen molar-refractivity contribution in [3.8, 4) is 17.2 Å². The molecule has 2 aliphatic heterocycles. The van der Waals surface area contributed by atoms with E-state index < -0.39 is 0 Å². The third-order valence-electron chi connectivity index (χ3n) is 4.67. The molecular weight excluding hydrogens is 344 g/mol. The number of para-hydroxylation sites is 3. The standard InChI is InChI=1S/C21H24N2O4/c1-15-11-23(12-16-6-2-3-7-18(16)26-15)13-21(24)22-10-17-14-25-19-8-4-5-9-20(19)27-17/h2-9,15,17H,10-14H2,1H3,(H,22,24)/t15-,17-/m1/s1. The molecule has 2 heterocycles. The Kier molecular flexibility index (Phi) is 5.16. The average molecular weight is 368 g/mol. The highest BCUT2D eigenvalue weighted by Gasteiger charge is 2.24. The minimum absolute atomic E-state index is 0.0240. The summed E-state index contributed by atoms with van der Waals surface area (Å²) in [5.41, 5.74) is 1.11. The van der Waals surface area contributed by atoms with Crippen LogP contribution in [-0.4, -0.2) is 49.3 Å². The Labute approximate surface area is 159 Å². The van der Waals surface area contributed by atoms with Crippen LogP contribution in [-0.2, 0) is 11.3 Å². The number of rotatable bonds is 4. The van der Waals surface area contributed by atoms with Crippen molar-refractivity contribution in [2.24, 2.45) is 0 Å². The normalized spacial score (nSPS) is 21.5. The van der Waals surface area contributed by atoms with Gasteiger partial charge in [0, 0.05) is 18.7 Å². The van der Waals surface area contributed by atoms with Crippen molar-refractivity contribution in [1.82, 2.24) is 10.2 Å². The second kappa shape index (κ2) is 7.88. The first kappa shape index (κ1) is 17.7. The van der Waals surface area contributed by atoms with E-state index in [2.05, 4.69) is 10.2 Å². The molecule has 0 radical (unpaired) electrons. The average Bonchev–Trinajstić information content (AvgIpc) is 2.83. The van der Waals surface area contributed by atoms with Gasteiger partial charge in [0.1, 0.15) is 24.6 Å². The lowest BCUT2D eigenvalue weighted by molar-refractivity contribution is -0.123. The molecule has 2 atom stereocenters. The van der Waals surface area contributed by atoms with Crippen molar-refractivity contribution in [1.29, 1.82) is 0 Å². The second-order valence-corrected chi connectivity index (χ2v) is 7.01. The van der Waals surface area contributed by atoms with Crippen molar-refractivity contribution in [3.63, 3.8) is 0 Å². The molecule has 0 aromatic heterocycles. The van der Waals surface area contributed by atoms with Gasteiger partial charge in [-0.05, 0) is 25.1 Å². The number of amides is 1. The third-order valence-corrected chi connectivity index (χ3v) is 4.67. The number of benzene rings is 2. The van der Waals surface area contributed by atoms with E-state index in [4.69, 9.17) is 14.2 Å². The van der Waals surface area contributed by atoms with Crippen molar-refractivity contribution < 1.29 is 19.0 Å². The van der Waals surface area contributed by atoms with E-state index in [1.54, 1.807) is 0 Å². The number of nitrogens with one attached hydrogen (secondary N) is 1. The molecule has 0 bridgehead atoms. The first-order valence-corrected chi connectivity index (χ1v) is 9.29. The van der Waals surface area contributed by atoms with Gasteiger partial charge in [0.2, 0.25) is 5.91 Å². The van der Waals surface area contributed by atoms with E-state index in [0.29, 0.717) is 32.8 Å².